The summed E-state index contributed by atoms with van der Waals surface area (Å²) in [6.45, 7) is 4.47. The molecule has 5 nitrogen and oxygen atoms in total. The SMILES string of the molecule is OCc1cc2ccccn2c1-c1ccc(CN2CCOCC2)cn1. The lowest BCUT2D eigenvalue weighted by atomic mass is 10.1. The topological polar surface area (TPSA) is 50.0 Å². The molecule has 0 unspecified atom stereocenters. The van der Waals surface area contributed by atoms with Gasteiger partial charge in [0.05, 0.1) is 31.2 Å². The molecule has 3 aromatic heterocycles. The van der Waals surface area contributed by atoms with Crippen LogP contribution in [0.5, 0.6) is 0 Å². The zero-order valence-corrected chi connectivity index (χ0v) is 13.6. The number of hydrogen-bond donors (Lipinski definition) is 1. The summed E-state index contributed by atoms with van der Waals surface area (Å²) in [5.41, 5.74) is 5.01. The highest BCUT2D eigenvalue weighted by Crippen LogP contribution is 2.26. The van der Waals surface area contributed by atoms with E-state index in [-0.39, 0.29) is 6.61 Å². The monoisotopic (exact) mass is 323 g/mol. The Morgan fingerprint density at radius 2 is 2.00 bits per heavy atom. The first-order chi connectivity index (χ1) is 11.8. The molecule has 124 valence electrons. The summed E-state index contributed by atoms with van der Waals surface area (Å²) in [4.78, 5) is 7.04. The third kappa shape index (κ3) is 2.94. The zero-order chi connectivity index (χ0) is 16.4. The van der Waals surface area contributed by atoms with Crippen LogP contribution in [0.15, 0.2) is 48.8 Å². The summed E-state index contributed by atoms with van der Waals surface area (Å²) in [6.07, 6.45) is 3.95. The van der Waals surface area contributed by atoms with Gasteiger partial charge in [-0.3, -0.25) is 9.88 Å². The highest BCUT2D eigenvalue weighted by molar-refractivity contribution is 5.69. The molecule has 24 heavy (non-hydrogen) atoms. The maximum Gasteiger partial charge on any atom is 0.0873 e. The van der Waals surface area contributed by atoms with Gasteiger partial charge in [-0.25, -0.2) is 0 Å². The lowest BCUT2D eigenvalue weighted by Crippen LogP contribution is -2.35. The molecule has 1 aliphatic heterocycles. The van der Waals surface area contributed by atoms with Gasteiger partial charge in [-0.15, -0.1) is 0 Å². The van der Waals surface area contributed by atoms with E-state index in [1.165, 1.54) is 5.56 Å². The zero-order valence-electron chi connectivity index (χ0n) is 13.6. The van der Waals surface area contributed by atoms with Crippen LogP contribution in [0.3, 0.4) is 0 Å². The largest absolute Gasteiger partial charge is 0.392 e. The van der Waals surface area contributed by atoms with E-state index in [4.69, 9.17) is 4.74 Å². The number of ether oxygens (including phenoxy) is 1. The van der Waals surface area contributed by atoms with E-state index in [1.54, 1.807) is 0 Å². The van der Waals surface area contributed by atoms with E-state index in [1.807, 2.05) is 42.7 Å². The molecule has 0 bridgehead atoms. The van der Waals surface area contributed by atoms with Crippen LogP contribution in [0.4, 0.5) is 0 Å². The van der Waals surface area contributed by atoms with Gasteiger partial charge in [0, 0.05) is 43.1 Å². The fourth-order valence-electron chi connectivity index (χ4n) is 3.26. The van der Waals surface area contributed by atoms with Gasteiger partial charge in [-0.2, -0.15) is 0 Å². The summed E-state index contributed by atoms with van der Waals surface area (Å²) >= 11 is 0. The van der Waals surface area contributed by atoms with Crippen molar-refractivity contribution in [3.63, 3.8) is 0 Å². The smallest absolute Gasteiger partial charge is 0.0873 e. The van der Waals surface area contributed by atoms with Crippen LogP contribution in [0.1, 0.15) is 11.1 Å². The second-order valence-corrected chi connectivity index (χ2v) is 6.11. The van der Waals surface area contributed by atoms with Crippen molar-refractivity contribution >= 4 is 5.52 Å². The molecule has 0 saturated carbocycles. The van der Waals surface area contributed by atoms with Gasteiger partial charge < -0.3 is 14.2 Å². The second-order valence-electron chi connectivity index (χ2n) is 6.11. The average molecular weight is 323 g/mol. The van der Waals surface area contributed by atoms with Crippen molar-refractivity contribution in [2.24, 2.45) is 0 Å². The van der Waals surface area contributed by atoms with Gasteiger partial charge >= 0.3 is 0 Å². The van der Waals surface area contributed by atoms with Crippen LogP contribution in [0.25, 0.3) is 16.9 Å². The van der Waals surface area contributed by atoms with Crippen molar-refractivity contribution in [3.8, 4) is 11.4 Å². The fraction of sp³-hybridized carbons (Fsp3) is 0.316. The summed E-state index contributed by atoms with van der Waals surface area (Å²) in [6, 6.07) is 12.2. The number of pyridine rings is 2. The number of morpholine rings is 1. The minimum atomic E-state index is 0.00816. The predicted octanol–water partition coefficient (Wildman–Crippen LogP) is 2.33. The minimum absolute atomic E-state index is 0.00816. The Hall–Kier alpha value is -2.21. The number of rotatable bonds is 4. The number of fused-ring (bicyclic) bond motifs is 1. The minimum Gasteiger partial charge on any atom is -0.392 e. The Bertz CT molecular complexity index is 820. The van der Waals surface area contributed by atoms with E-state index in [2.05, 4.69) is 20.4 Å². The van der Waals surface area contributed by atoms with E-state index in [0.717, 1.165) is 55.3 Å². The fourth-order valence-corrected chi connectivity index (χ4v) is 3.26. The van der Waals surface area contributed by atoms with Crippen LogP contribution in [-0.4, -0.2) is 45.7 Å². The molecular formula is C19H21N3O2. The van der Waals surface area contributed by atoms with Crippen molar-refractivity contribution in [3.05, 3.63) is 59.9 Å². The summed E-state index contributed by atoms with van der Waals surface area (Å²) < 4.78 is 7.47. The molecule has 4 rings (SSSR count). The van der Waals surface area contributed by atoms with E-state index in [0.29, 0.717) is 0 Å². The molecule has 1 aliphatic rings. The van der Waals surface area contributed by atoms with Crippen molar-refractivity contribution in [2.75, 3.05) is 26.3 Å². The van der Waals surface area contributed by atoms with Crippen molar-refractivity contribution in [1.29, 1.82) is 0 Å². The molecule has 0 aromatic carbocycles. The molecule has 1 N–H and O–H groups in total. The highest BCUT2D eigenvalue weighted by atomic mass is 16.5. The normalized spacial score (nSPS) is 15.9. The Morgan fingerprint density at radius 3 is 2.75 bits per heavy atom. The molecule has 0 aliphatic carbocycles. The van der Waals surface area contributed by atoms with Crippen molar-refractivity contribution in [1.82, 2.24) is 14.3 Å². The van der Waals surface area contributed by atoms with Gasteiger partial charge in [-0.1, -0.05) is 12.1 Å². The molecule has 0 radical (unpaired) electrons. The molecule has 0 atom stereocenters. The van der Waals surface area contributed by atoms with Gasteiger partial charge in [-0.05, 0) is 29.8 Å². The maximum atomic E-state index is 9.69. The van der Waals surface area contributed by atoms with Gasteiger partial charge in [0.25, 0.3) is 0 Å². The lowest BCUT2D eigenvalue weighted by molar-refractivity contribution is 0.0341. The Kier molecular flexibility index (Phi) is 4.30. The number of aliphatic hydroxyl groups is 1. The van der Waals surface area contributed by atoms with E-state index >= 15 is 0 Å². The summed E-state index contributed by atoms with van der Waals surface area (Å²) in [5.74, 6) is 0. The standard InChI is InChI=1S/C19H21N3O2/c23-14-16-11-17-3-1-2-6-22(17)19(16)18-5-4-15(12-20-18)13-21-7-9-24-10-8-21/h1-6,11-12,23H,7-10,13-14H2. The molecule has 5 heteroatoms. The molecule has 3 aromatic rings. The number of hydrogen-bond acceptors (Lipinski definition) is 4. The maximum absolute atomic E-state index is 9.69. The Balaban J connectivity index is 1.63. The predicted molar refractivity (Wildman–Crippen MR) is 92.6 cm³/mol. The molecule has 4 heterocycles. The summed E-state index contributed by atoms with van der Waals surface area (Å²) in [5, 5.41) is 9.69. The quantitative estimate of drug-likeness (QED) is 0.800. The van der Waals surface area contributed by atoms with Crippen LogP contribution < -0.4 is 0 Å². The second kappa shape index (κ2) is 6.73. The first kappa shape index (κ1) is 15.3. The number of aromatic nitrogens is 2. The Labute approximate surface area is 141 Å². The van der Waals surface area contributed by atoms with Gasteiger partial charge in [0.15, 0.2) is 0 Å². The summed E-state index contributed by atoms with van der Waals surface area (Å²) in [7, 11) is 0. The van der Waals surface area contributed by atoms with Crippen molar-refractivity contribution in [2.45, 2.75) is 13.2 Å². The lowest BCUT2D eigenvalue weighted by Gasteiger charge is -2.26. The van der Waals surface area contributed by atoms with Crippen LogP contribution in [0.2, 0.25) is 0 Å². The van der Waals surface area contributed by atoms with Crippen LogP contribution in [0, 0.1) is 0 Å². The Morgan fingerprint density at radius 1 is 1.12 bits per heavy atom. The van der Waals surface area contributed by atoms with E-state index in [9.17, 15) is 5.11 Å². The van der Waals surface area contributed by atoms with Crippen molar-refractivity contribution < 1.29 is 9.84 Å². The molecule has 0 amide bonds. The first-order valence-corrected chi connectivity index (χ1v) is 8.30. The molecule has 0 spiro atoms. The average Bonchev–Trinajstić information content (AvgIpc) is 3.02. The first-order valence-electron chi connectivity index (χ1n) is 8.30. The van der Waals surface area contributed by atoms with Gasteiger partial charge in [0.1, 0.15) is 0 Å². The molecular weight excluding hydrogens is 302 g/mol. The van der Waals surface area contributed by atoms with Gasteiger partial charge in [0.2, 0.25) is 0 Å². The van der Waals surface area contributed by atoms with Crippen LogP contribution >= 0.6 is 0 Å². The third-order valence-corrected chi connectivity index (χ3v) is 4.51. The highest BCUT2D eigenvalue weighted by Gasteiger charge is 2.14. The number of aliphatic hydroxyl groups excluding tert-OH is 1. The molecule has 1 saturated heterocycles. The van der Waals surface area contributed by atoms with E-state index < -0.39 is 0 Å². The van der Waals surface area contributed by atoms with Crippen LogP contribution in [-0.2, 0) is 17.9 Å². The molecule has 1 fully saturated rings. The third-order valence-electron chi connectivity index (χ3n) is 4.51. The number of nitrogens with zero attached hydrogens (tertiary/aromatic N) is 3.